The first-order valence-corrected chi connectivity index (χ1v) is 5.93. The van der Waals surface area contributed by atoms with Crippen molar-refractivity contribution in [3.8, 4) is 5.75 Å². The van der Waals surface area contributed by atoms with Crippen molar-refractivity contribution in [3.63, 3.8) is 0 Å². The summed E-state index contributed by atoms with van der Waals surface area (Å²) in [7, 11) is 0. The quantitative estimate of drug-likeness (QED) is 0.804. The van der Waals surface area contributed by atoms with Crippen LogP contribution in [0.3, 0.4) is 0 Å². The number of benzene rings is 1. The van der Waals surface area contributed by atoms with E-state index in [2.05, 4.69) is 0 Å². The topological polar surface area (TPSA) is 78.3 Å². The molecule has 1 aromatic carbocycles. The minimum atomic E-state index is -0.792. The maximum Gasteiger partial charge on any atom is 0.258 e. The van der Waals surface area contributed by atoms with Crippen LogP contribution in [0.1, 0.15) is 25.8 Å². The molecule has 2 unspecified atom stereocenters. The number of hydrogen-bond acceptors (Lipinski definition) is 3. The van der Waals surface area contributed by atoms with E-state index in [9.17, 15) is 9.18 Å². The van der Waals surface area contributed by atoms with Crippen LogP contribution < -0.4 is 16.2 Å². The normalized spacial score (nSPS) is 14.0. The van der Waals surface area contributed by atoms with Crippen molar-refractivity contribution in [1.82, 2.24) is 0 Å². The maximum atomic E-state index is 13.4. The van der Waals surface area contributed by atoms with E-state index in [-0.39, 0.29) is 6.04 Å². The highest BCUT2D eigenvalue weighted by molar-refractivity contribution is 5.78. The lowest BCUT2D eigenvalue weighted by Crippen LogP contribution is -2.30. The molecule has 5 heteroatoms. The Morgan fingerprint density at radius 2 is 2.11 bits per heavy atom. The van der Waals surface area contributed by atoms with Gasteiger partial charge in [-0.25, -0.2) is 4.39 Å². The maximum absolute atomic E-state index is 13.4. The van der Waals surface area contributed by atoms with Gasteiger partial charge in [-0.3, -0.25) is 4.79 Å². The van der Waals surface area contributed by atoms with Gasteiger partial charge in [0.25, 0.3) is 5.91 Å². The lowest BCUT2D eigenvalue weighted by atomic mass is 10.0. The highest BCUT2D eigenvalue weighted by Gasteiger charge is 2.12. The summed E-state index contributed by atoms with van der Waals surface area (Å²) in [5.41, 5.74) is 11.6. The fourth-order valence-corrected chi connectivity index (χ4v) is 1.52. The molecule has 100 valence electrons. The van der Waals surface area contributed by atoms with Crippen LogP contribution in [0.2, 0.25) is 0 Å². The molecule has 0 saturated heterocycles. The molecule has 0 aliphatic rings. The van der Waals surface area contributed by atoms with Crippen molar-refractivity contribution < 1.29 is 13.9 Å². The van der Waals surface area contributed by atoms with Crippen LogP contribution >= 0.6 is 0 Å². The zero-order valence-corrected chi connectivity index (χ0v) is 10.7. The highest BCUT2D eigenvalue weighted by atomic mass is 19.1. The second-order valence-corrected chi connectivity index (χ2v) is 4.33. The molecule has 0 aliphatic heterocycles. The predicted molar refractivity (Wildman–Crippen MR) is 67.7 cm³/mol. The van der Waals surface area contributed by atoms with Gasteiger partial charge in [-0.05, 0) is 37.5 Å². The molecule has 0 heterocycles. The SMILES string of the molecule is CCC(N)Cc1cc(F)cc(OC(C)C(N)=O)c1. The number of hydrogen-bond donors (Lipinski definition) is 2. The number of amides is 1. The Bertz CT molecular complexity index is 423. The summed E-state index contributed by atoms with van der Waals surface area (Å²) in [4.78, 5) is 10.9. The number of carbonyl (C=O) groups excluding carboxylic acids is 1. The van der Waals surface area contributed by atoms with Crippen molar-refractivity contribution in [2.24, 2.45) is 11.5 Å². The van der Waals surface area contributed by atoms with Gasteiger partial charge in [0, 0.05) is 12.1 Å². The van der Waals surface area contributed by atoms with Gasteiger partial charge in [0.1, 0.15) is 11.6 Å². The average Bonchev–Trinajstić information content (AvgIpc) is 2.27. The second-order valence-electron chi connectivity index (χ2n) is 4.33. The third-order valence-electron chi connectivity index (χ3n) is 2.67. The Morgan fingerprint density at radius 1 is 1.44 bits per heavy atom. The Balaban J connectivity index is 2.83. The molecule has 4 N–H and O–H groups in total. The molecule has 0 radical (unpaired) electrons. The summed E-state index contributed by atoms with van der Waals surface area (Å²) in [5.74, 6) is -0.715. The van der Waals surface area contributed by atoms with Gasteiger partial charge in [0.2, 0.25) is 0 Å². The van der Waals surface area contributed by atoms with Gasteiger partial charge in [0.15, 0.2) is 6.10 Å². The third kappa shape index (κ3) is 4.33. The van der Waals surface area contributed by atoms with Gasteiger partial charge in [0.05, 0.1) is 0 Å². The monoisotopic (exact) mass is 254 g/mol. The number of rotatable bonds is 6. The van der Waals surface area contributed by atoms with Crippen molar-refractivity contribution in [1.29, 1.82) is 0 Å². The van der Waals surface area contributed by atoms with Crippen LogP contribution in [0.15, 0.2) is 18.2 Å². The molecular formula is C13H19FN2O2. The second kappa shape index (κ2) is 6.35. The summed E-state index contributed by atoms with van der Waals surface area (Å²) in [6, 6.07) is 4.30. The van der Waals surface area contributed by atoms with E-state index in [1.807, 2.05) is 6.92 Å². The van der Waals surface area contributed by atoms with E-state index in [4.69, 9.17) is 16.2 Å². The molecule has 0 spiro atoms. The van der Waals surface area contributed by atoms with Gasteiger partial charge >= 0.3 is 0 Å². The molecule has 0 aliphatic carbocycles. The van der Waals surface area contributed by atoms with Crippen LogP contribution in [0, 0.1) is 5.82 Å². The standard InChI is InChI=1S/C13H19FN2O2/c1-3-11(15)5-9-4-10(14)7-12(6-9)18-8(2)13(16)17/h4,6-8,11H,3,5,15H2,1-2H3,(H2,16,17). The van der Waals surface area contributed by atoms with Gasteiger partial charge in [-0.1, -0.05) is 6.92 Å². The van der Waals surface area contributed by atoms with Gasteiger partial charge < -0.3 is 16.2 Å². The van der Waals surface area contributed by atoms with E-state index in [1.165, 1.54) is 19.1 Å². The lowest BCUT2D eigenvalue weighted by Gasteiger charge is -2.14. The van der Waals surface area contributed by atoms with E-state index in [0.29, 0.717) is 12.2 Å². The molecule has 2 atom stereocenters. The minimum absolute atomic E-state index is 0.0202. The molecule has 0 aromatic heterocycles. The molecule has 4 nitrogen and oxygen atoms in total. The van der Waals surface area contributed by atoms with Crippen molar-refractivity contribution in [2.75, 3.05) is 0 Å². The molecule has 1 amide bonds. The molecule has 1 aromatic rings. The number of halogens is 1. The number of primary amides is 1. The smallest absolute Gasteiger partial charge is 0.258 e. The molecule has 1 rings (SSSR count). The Morgan fingerprint density at radius 3 is 2.67 bits per heavy atom. The third-order valence-corrected chi connectivity index (χ3v) is 2.67. The van der Waals surface area contributed by atoms with Crippen LogP contribution in [-0.4, -0.2) is 18.1 Å². The number of ether oxygens (including phenoxy) is 1. The van der Waals surface area contributed by atoms with Crippen LogP contribution in [0.5, 0.6) is 5.75 Å². The van der Waals surface area contributed by atoms with E-state index < -0.39 is 17.8 Å². The molecule has 0 saturated carbocycles. The van der Waals surface area contributed by atoms with E-state index >= 15 is 0 Å². The van der Waals surface area contributed by atoms with Gasteiger partial charge in [-0.15, -0.1) is 0 Å². The van der Waals surface area contributed by atoms with Crippen LogP contribution in [0.25, 0.3) is 0 Å². The zero-order valence-electron chi connectivity index (χ0n) is 10.7. The number of nitrogens with two attached hydrogens (primary N) is 2. The largest absolute Gasteiger partial charge is 0.481 e. The Labute approximate surface area is 106 Å². The molecule has 0 bridgehead atoms. The summed E-state index contributed by atoms with van der Waals surface area (Å²) >= 11 is 0. The molecule has 0 fully saturated rings. The lowest BCUT2D eigenvalue weighted by molar-refractivity contribution is -0.123. The summed E-state index contributed by atoms with van der Waals surface area (Å²) in [6.45, 7) is 3.49. The predicted octanol–water partition coefficient (Wildman–Crippen LogP) is 1.36. The Hall–Kier alpha value is -1.62. The number of carbonyl (C=O) groups is 1. The van der Waals surface area contributed by atoms with Crippen molar-refractivity contribution in [2.45, 2.75) is 38.8 Å². The summed E-state index contributed by atoms with van der Waals surface area (Å²) in [5, 5.41) is 0. The molecule has 18 heavy (non-hydrogen) atoms. The minimum Gasteiger partial charge on any atom is -0.481 e. The fraction of sp³-hybridized carbons (Fsp3) is 0.462. The average molecular weight is 254 g/mol. The molecular weight excluding hydrogens is 235 g/mol. The fourth-order valence-electron chi connectivity index (χ4n) is 1.52. The van der Waals surface area contributed by atoms with Crippen LogP contribution in [0.4, 0.5) is 4.39 Å². The van der Waals surface area contributed by atoms with E-state index in [0.717, 1.165) is 12.0 Å². The van der Waals surface area contributed by atoms with Gasteiger partial charge in [-0.2, -0.15) is 0 Å². The summed E-state index contributed by atoms with van der Waals surface area (Å²) < 4.78 is 18.7. The Kier molecular flexibility index (Phi) is 5.09. The first-order valence-electron chi connectivity index (χ1n) is 5.93. The first kappa shape index (κ1) is 14.4. The summed E-state index contributed by atoms with van der Waals surface area (Å²) in [6.07, 6.45) is 0.583. The van der Waals surface area contributed by atoms with Crippen molar-refractivity contribution >= 4 is 5.91 Å². The first-order chi connectivity index (χ1) is 8.42. The van der Waals surface area contributed by atoms with Crippen molar-refractivity contribution in [3.05, 3.63) is 29.6 Å². The zero-order chi connectivity index (χ0) is 13.7. The van der Waals surface area contributed by atoms with E-state index in [1.54, 1.807) is 6.07 Å². The highest BCUT2D eigenvalue weighted by Crippen LogP contribution is 2.19. The van der Waals surface area contributed by atoms with Crippen LogP contribution in [-0.2, 0) is 11.2 Å².